The van der Waals surface area contributed by atoms with Crippen LogP contribution in [0.2, 0.25) is 0 Å². The van der Waals surface area contributed by atoms with E-state index in [1.807, 2.05) is 13.0 Å². The van der Waals surface area contributed by atoms with Crippen molar-refractivity contribution in [2.24, 2.45) is 5.73 Å². The first kappa shape index (κ1) is 11.8. The largest absolute Gasteiger partial charge is 0.467 e. The maximum Gasteiger partial charge on any atom is 0.239 e. The maximum absolute atomic E-state index is 11.7. The van der Waals surface area contributed by atoms with Crippen LogP contribution in [0.4, 0.5) is 0 Å². The topological polar surface area (TPSA) is 59.5 Å². The van der Waals surface area contributed by atoms with Crippen molar-refractivity contribution in [3.63, 3.8) is 0 Å². The van der Waals surface area contributed by atoms with Gasteiger partial charge < -0.3 is 15.1 Å². The zero-order chi connectivity index (χ0) is 11.3. The fraction of sp³-hybridized carbons (Fsp3) is 0.545. The summed E-state index contributed by atoms with van der Waals surface area (Å²) < 4.78 is 5.16. The molecule has 0 aromatic carbocycles. The molecule has 15 heavy (non-hydrogen) atoms. The zero-order valence-electron chi connectivity index (χ0n) is 9.27. The number of nitrogens with zero attached hydrogens (tertiary/aromatic N) is 1. The summed E-state index contributed by atoms with van der Waals surface area (Å²) in [5.41, 5.74) is 5.74. The molecule has 0 saturated heterocycles. The predicted octanol–water partition coefficient (Wildman–Crippen LogP) is 1.37. The van der Waals surface area contributed by atoms with E-state index in [0.717, 1.165) is 18.6 Å². The molecule has 2 N–H and O–H groups in total. The Morgan fingerprint density at radius 3 is 2.93 bits per heavy atom. The van der Waals surface area contributed by atoms with Gasteiger partial charge in [0.25, 0.3) is 0 Å². The van der Waals surface area contributed by atoms with Gasteiger partial charge in [0.1, 0.15) is 5.76 Å². The van der Waals surface area contributed by atoms with Gasteiger partial charge in [-0.25, -0.2) is 0 Å². The second-order valence-electron chi connectivity index (χ2n) is 3.67. The lowest BCUT2D eigenvalue weighted by atomic mass is 10.1. The second-order valence-corrected chi connectivity index (χ2v) is 3.67. The van der Waals surface area contributed by atoms with Crippen LogP contribution < -0.4 is 5.73 Å². The van der Waals surface area contributed by atoms with Crippen LogP contribution in [-0.2, 0) is 11.3 Å². The number of nitrogens with two attached hydrogens (primary N) is 1. The summed E-state index contributed by atoms with van der Waals surface area (Å²) in [5, 5.41) is 0. The van der Waals surface area contributed by atoms with Gasteiger partial charge in [-0.3, -0.25) is 4.79 Å². The van der Waals surface area contributed by atoms with E-state index >= 15 is 0 Å². The number of likely N-dealkylation sites (N-methyl/N-ethyl adjacent to an activating group) is 1. The highest BCUT2D eigenvalue weighted by Gasteiger charge is 2.17. The van der Waals surface area contributed by atoms with E-state index in [1.54, 1.807) is 24.3 Å². The third kappa shape index (κ3) is 3.40. The summed E-state index contributed by atoms with van der Waals surface area (Å²) in [6, 6.07) is 3.25. The van der Waals surface area contributed by atoms with Crippen molar-refractivity contribution >= 4 is 5.91 Å². The normalized spacial score (nSPS) is 12.5. The number of hydrogen-bond acceptors (Lipinski definition) is 3. The van der Waals surface area contributed by atoms with Gasteiger partial charge >= 0.3 is 0 Å². The predicted molar refractivity (Wildman–Crippen MR) is 58.1 cm³/mol. The molecule has 0 aliphatic rings. The van der Waals surface area contributed by atoms with Gasteiger partial charge in [-0.05, 0) is 18.6 Å². The lowest BCUT2D eigenvalue weighted by Crippen LogP contribution is -2.41. The molecular weight excluding hydrogens is 192 g/mol. The Morgan fingerprint density at radius 2 is 2.40 bits per heavy atom. The molecule has 0 saturated carbocycles. The van der Waals surface area contributed by atoms with Crippen molar-refractivity contribution in [2.75, 3.05) is 7.05 Å². The van der Waals surface area contributed by atoms with Crippen LogP contribution in [0.15, 0.2) is 22.8 Å². The standard InChI is InChI=1S/C11H18N2O2/c1-3-5-10(12)11(14)13(2)8-9-6-4-7-15-9/h4,6-7,10H,3,5,8,12H2,1-2H3/t10-/m1/s1. The lowest BCUT2D eigenvalue weighted by Gasteiger charge is -2.19. The number of carbonyl (C=O) groups excluding carboxylic acids is 1. The van der Waals surface area contributed by atoms with Crippen LogP contribution in [-0.4, -0.2) is 23.9 Å². The highest BCUT2D eigenvalue weighted by atomic mass is 16.3. The molecule has 1 amide bonds. The van der Waals surface area contributed by atoms with Crippen molar-refractivity contribution in [1.82, 2.24) is 4.90 Å². The number of carbonyl (C=O) groups is 1. The Morgan fingerprint density at radius 1 is 1.67 bits per heavy atom. The molecule has 1 aromatic heterocycles. The van der Waals surface area contributed by atoms with Gasteiger partial charge in [0.2, 0.25) is 5.91 Å². The number of hydrogen-bond donors (Lipinski definition) is 1. The van der Waals surface area contributed by atoms with E-state index in [9.17, 15) is 4.79 Å². The lowest BCUT2D eigenvalue weighted by molar-refractivity contribution is -0.132. The molecular formula is C11H18N2O2. The highest BCUT2D eigenvalue weighted by Crippen LogP contribution is 2.06. The van der Waals surface area contributed by atoms with E-state index in [-0.39, 0.29) is 5.91 Å². The third-order valence-corrected chi connectivity index (χ3v) is 2.27. The molecule has 1 rings (SSSR count). The smallest absolute Gasteiger partial charge is 0.239 e. The second kappa shape index (κ2) is 5.56. The van der Waals surface area contributed by atoms with Gasteiger partial charge in [0, 0.05) is 7.05 Å². The first-order valence-electron chi connectivity index (χ1n) is 5.18. The molecule has 0 spiro atoms. The van der Waals surface area contributed by atoms with Crippen LogP contribution in [0.3, 0.4) is 0 Å². The minimum absolute atomic E-state index is 0.0340. The van der Waals surface area contributed by atoms with Gasteiger partial charge in [-0.1, -0.05) is 13.3 Å². The fourth-order valence-electron chi connectivity index (χ4n) is 1.43. The van der Waals surface area contributed by atoms with E-state index in [0.29, 0.717) is 6.54 Å². The van der Waals surface area contributed by atoms with Gasteiger partial charge in [0.15, 0.2) is 0 Å². The Balaban J connectivity index is 2.46. The molecule has 1 aromatic rings. The van der Waals surface area contributed by atoms with Gasteiger partial charge in [-0.15, -0.1) is 0 Å². The monoisotopic (exact) mass is 210 g/mol. The van der Waals surface area contributed by atoms with E-state index in [4.69, 9.17) is 10.2 Å². The molecule has 0 fully saturated rings. The van der Waals surface area contributed by atoms with E-state index < -0.39 is 6.04 Å². The van der Waals surface area contributed by atoms with E-state index in [1.165, 1.54) is 0 Å². The first-order valence-corrected chi connectivity index (χ1v) is 5.18. The number of furan rings is 1. The van der Waals surface area contributed by atoms with Crippen molar-refractivity contribution in [1.29, 1.82) is 0 Å². The van der Waals surface area contributed by atoms with Crippen molar-refractivity contribution in [2.45, 2.75) is 32.4 Å². The molecule has 0 aliphatic carbocycles. The molecule has 84 valence electrons. The molecule has 4 nitrogen and oxygen atoms in total. The van der Waals surface area contributed by atoms with Crippen molar-refractivity contribution in [3.05, 3.63) is 24.2 Å². The quantitative estimate of drug-likeness (QED) is 0.798. The molecule has 0 bridgehead atoms. The van der Waals surface area contributed by atoms with Crippen molar-refractivity contribution < 1.29 is 9.21 Å². The molecule has 1 heterocycles. The van der Waals surface area contributed by atoms with Crippen molar-refractivity contribution in [3.8, 4) is 0 Å². The Kier molecular flexibility index (Phi) is 4.37. The summed E-state index contributed by atoms with van der Waals surface area (Å²) in [6.07, 6.45) is 3.24. The van der Waals surface area contributed by atoms with Gasteiger partial charge in [0.05, 0.1) is 18.8 Å². The zero-order valence-corrected chi connectivity index (χ0v) is 9.27. The van der Waals surface area contributed by atoms with Crippen LogP contribution in [0.25, 0.3) is 0 Å². The Hall–Kier alpha value is -1.29. The molecule has 1 atom stereocenters. The average Bonchev–Trinajstić information content (AvgIpc) is 2.69. The summed E-state index contributed by atoms with van der Waals surface area (Å²) in [5.74, 6) is 0.739. The number of amides is 1. The minimum atomic E-state index is -0.394. The summed E-state index contributed by atoms with van der Waals surface area (Å²) in [7, 11) is 1.74. The highest BCUT2D eigenvalue weighted by molar-refractivity contribution is 5.81. The van der Waals surface area contributed by atoms with Gasteiger partial charge in [-0.2, -0.15) is 0 Å². The Labute approximate surface area is 90.0 Å². The average molecular weight is 210 g/mol. The van der Waals surface area contributed by atoms with Crippen LogP contribution in [0.1, 0.15) is 25.5 Å². The van der Waals surface area contributed by atoms with Crippen LogP contribution >= 0.6 is 0 Å². The van der Waals surface area contributed by atoms with E-state index in [2.05, 4.69) is 0 Å². The SMILES string of the molecule is CCC[C@@H](N)C(=O)N(C)Cc1ccco1. The fourth-order valence-corrected chi connectivity index (χ4v) is 1.43. The maximum atomic E-state index is 11.7. The molecule has 0 unspecified atom stereocenters. The Bertz CT molecular complexity index is 296. The van der Waals surface area contributed by atoms with Crippen LogP contribution in [0.5, 0.6) is 0 Å². The molecule has 4 heteroatoms. The third-order valence-electron chi connectivity index (χ3n) is 2.27. The van der Waals surface area contributed by atoms with Crippen LogP contribution in [0, 0.1) is 0 Å². The summed E-state index contributed by atoms with van der Waals surface area (Å²) in [4.78, 5) is 13.3. The first-order chi connectivity index (χ1) is 7.15. The molecule has 0 radical (unpaired) electrons. The molecule has 0 aliphatic heterocycles. The summed E-state index contributed by atoms with van der Waals surface area (Å²) >= 11 is 0. The minimum Gasteiger partial charge on any atom is -0.467 e. The summed E-state index contributed by atoms with van der Waals surface area (Å²) in [6.45, 7) is 2.49. The number of rotatable bonds is 5.